The first kappa shape index (κ1) is 15.8. The molecule has 0 saturated heterocycles. The maximum atomic E-state index is 12.3. The van der Waals surface area contributed by atoms with Crippen molar-refractivity contribution in [2.24, 2.45) is 5.73 Å². The minimum atomic E-state index is -3.34. The van der Waals surface area contributed by atoms with Crippen LogP contribution in [0.2, 0.25) is 0 Å². The topological polar surface area (TPSA) is 101 Å². The number of benzene rings is 1. The standard InChI is InChI=1S/C14H21N3O3S/c1-21(19,20)17-12-7-5-6-11(10-12)16-13(18)14(15)8-3-2-4-9-14/h5-7,10,17H,2-4,8-9,15H2,1H3,(H,16,18). The Morgan fingerprint density at radius 1 is 1.19 bits per heavy atom. The van der Waals surface area contributed by atoms with Crippen molar-refractivity contribution in [2.75, 3.05) is 16.3 Å². The molecular formula is C14H21N3O3S. The molecule has 1 aliphatic rings. The summed E-state index contributed by atoms with van der Waals surface area (Å²) < 4.78 is 24.8. The SMILES string of the molecule is CS(=O)(=O)Nc1cccc(NC(=O)C2(N)CCCCC2)c1. The zero-order chi connectivity index (χ0) is 15.5. The molecular weight excluding hydrogens is 290 g/mol. The summed E-state index contributed by atoms with van der Waals surface area (Å²) in [7, 11) is -3.34. The van der Waals surface area contributed by atoms with Gasteiger partial charge in [-0.3, -0.25) is 9.52 Å². The van der Waals surface area contributed by atoms with Crippen LogP contribution in [0.4, 0.5) is 11.4 Å². The first-order valence-electron chi connectivity index (χ1n) is 6.97. The van der Waals surface area contributed by atoms with E-state index in [9.17, 15) is 13.2 Å². The van der Waals surface area contributed by atoms with Crippen LogP contribution in [0.25, 0.3) is 0 Å². The van der Waals surface area contributed by atoms with Crippen LogP contribution < -0.4 is 15.8 Å². The molecule has 1 fully saturated rings. The highest BCUT2D eigenvalue weighted by Crippen LogP contribution is 2.27. The van der Waals surface area contributed by atoms with Crippen LogP contribution >= 0.6 is 0 Å². The predicted octanol–water partition coefficient (Wildman–Crippen LogP) is 1.66. The van der Waals surface area contributed by atoms with Crippen molar-refractivity contribution >= 4 is 27.3 Å². The molecule has 7 heteroatoms. The van der Waals surface area contributed by atoms with Crippen molar-refractivity contribution in [3.8, 4) is 0 Å². The third-order valence-corrected chi connectivity index (χ3v) is 4.23. The molecule has 1 aromatic rings. The minimum absolute atomic E-state index is 0.210. The van der Waals surface area contributed by atoms with Gasteiger partial charge in [-0.15, -0.1) is 0 Å². The van der Waals surface area contributed by atoms with Gasteiger partial charge in [-0.2, -0.15) is 0 Å². The van der Waals surface area contributed by atoms with Gasteiger partial charge in [-0.25, -0.2) is 8.42 Å². The largest absolute Gasteiger partial charge is 0.324 e. The molecule has 1 amide bonds. The number of carbonyl (C=O) groups is 1. The number of nitrogens with two attached hydrogens (primary N) is 1. The van der Waals surface area contributed by atoms with Gasteiger partial charge in [0.15, 0.2) is 0 Å². The number of amides is 1. The van der Waals surface area contributed by atoms with Gasteiger partial charge >= 0.3 is 0 Å². The number of nitrogens with one attached hydrogen (secondary N) is 2. The summed E-state index contributed by atoms with van der Waals surface area (Å²) in [6.07, 6.45) is 5.47. The second-order valence-electron chi connectivity index (χ2n) is 5.63. The first-order chi connectivity index (χ1) is 9.78. The van der Waals surface area contributed by atoms with Crippen molar-refractivity contribution in [1.29, 1.82) is 0 Å². The van der Waals surface area contributed by atoms with Crippen LogP contribution in [0.15, 0.2) is 24.3 Å². The zero-order valence-electron chi connectivity index (χ0n) is 12.1. The second kappa shape index (κ2) is 6.03. The summed E-state index contributed by atoms with van der Waals surface area (Å²) >= 11 is 0. The van der Waals surface area contributed by atoms with E-state index in [0.29, 0.717) is 24.2 Å². The molecule has 0 aromatic heterocycles. The van der Waals surface area contributed by atoms with Gasteiger partial charge in [-0.05, 0) is 31.0 Å². The third kappa shape index (κ3) is 4.44. The van der Waals surface area contributed by atoms with Crippen LogP contribution in [0.5, 0.6) is 0 Å². The van der Waals surface area contributed by atoms with Gasteiger partial charge in [0.25, 0.3) is 0 Å². The van der Waals surface area contributed by atoms with Crippen LogP contribution in [0.1, 0.15) is 32.1 Å². The Balaban J connectivity index is 2.09. The molecule has 0 heterocycles. The van der Waals surface area contributed by atoms with Gasteiger partial charge in [0, 0.05) is 5.69 Å². The lowest BCUT2D eigenvalue weighted by molar-refractivity contribution is -0.122. The van der Waals surface area contributed by atoms with E-state index in [1.807, 2.05) is 0 Å². The highest BCUT2D eigenvalue weighted by Gasteiger charge is 2.35. The molecule has 1 aromatic carbocycles. The summed E-state index contributed by atoms with van der Waals surface area (Å²) in [5.41, 5.74) is 6.28. The Labute approximate surface area is 125 Å². The monoisotopic (exact) mass is 311 g/mol. The maximum Gasteiger partial charge on any atom is 0.244 e. The van der Waals surface area contributed by atoms with Gasteiger partial charge in [-0.1, -0.05) is 25.3 Å². The van der Waals surface area contributed by atoms with Crippen molar-refractivity contribution in [3.05, 3.63) is 24.3 Å². The Hall–Kier alpha value is -1.60. The van der Waals surface area contributed by atoms with E-state index in [1.54, 1.807) is 24.3 Å². The molecule has 2 rings (SSSR count). The van der Waals surface area contributed by atoms with Crippen LogP contribution in [0.3, 0.4) is 0 Å². The average molecular weight is 311 g/mol. The zero-order valence-corrected chi connectivity index (χ0v) is 12.9. The summed E-state index contributed by atoms with van der Waals surface area (Å²) in [6, 6.07) is 6.57. The molecule has 116 valence electrons. The number of hydrogen-bond acceptors (Lipinski definition) is 4. The highest BCUT2D eigenvalue weighted by atomic mass is 32.2. The van der Waals surface area contributed by atoms with E-state index in [0.717, 1.165) is 25.5 Å². The smallest absolute Gasteiger partial charge is 0.244 e. The van der Waals surface area contributed by atoms with E-state index >= 15 is 0 Å². The Morgan fingerprint density at radius 3 is 2.43 bits per heavy atom. The van der Waals surface area contributed by atoms with Crippen LogP contribution in [-0.4, -0.2) is 26.1 Å². The lowest BCUT2D eigenvalue weighted by Gasteiger charge is -2.31. The van der Waals surface area contributed by atoms with Crippen molar-refractivity contribution in [3.63, 3.8) is 0 Å². The van der Waals surface area contributed by atoms with E-state index in [-0.39, 0.29) is 5.91 Å². The van der Waals surface area contributed by atoms with E-state index in [1.165, 1.54) is 0 Å². The molecule has 0 spiro atoms. The fourth-order valence-corrected chi connectivity index (χ4v) is 3.09. The molecule has 0 unspecified atom stereocenters. The normalized spacial score (nSPS) is 18.0. The molecule has 1 aliphatic carbocycles. The lowest BCUT2D eigenvalue weighted by Crippen LogP contribution is -2.52. The summed E-state index contributed by atoms with van der Waals surface area (Å²) in [6.45, 7) is 0. The predicted molar refractivity (Wildman–Crippen MR) is 83.5 cm³/mol. The van der Waals surface area contributed by atoms with Gasteiger partial charge < -0.3 is 11.1 Å². The van der Waals surface area contributed by atoms with E-state index < -0.39 is 15.6 Å². The molecule has 0 aliphatic heterocycles. The van der Waals surface area contributed by atoms with Crippen molar-refractivity contribution in [1.82, 2.24) is 0 Å². The van der Waals surface area contributed by atoms with E-state index in [4.69, 9.17) is 5.73 Å². The number of hydrogen-bond donors (Lipinski definition) is 3. The molecule has 0 radical (unpaired) electrons. The summed E-state index contributed by atoms with van der Waals surface area (Å²) in [4.78, 5) is 12.3. The van der Waals surface area contributed by atoms with Gasteiger partial charge in [0.1, 0.15) is 0 Å². The quantitative estimate of drug-likeness (QED) is 0.787. The van der Waals surface area contributed by atoms with Crippen molar-refractivity contribution in [2.45, 2.75) is 37.6 Å². The second-order valence-corrected chi connectivity index (χ2v) is 7.37. The fraction of sp³-hybridized carbons (Fsp3) is 0.500. The number of rotatable bonds is 4. The van der Waals surface area contributed by atoms with Crippen molar-refractivity contribution < 1.29 is 13.2 Å². The molecule has 0 atom stereocenters. The van der Waals surface area contributed by atoms with Crippen LogP contribution in [0, 0.1) is 0 Å². The van der Waals surface area contributed by atoms with Gasteiger partial charge in [0.05, 0.1) is 17.5 Å². The van der Waals surface area contributed by atoms with E-state index in [2.05, 4.69) is 10.0 Å². The average Bonchev–Trinajstić information content (AvgIpc) is 2.38. The molecule has 6 nitrogen and oxygen atoms in total. The number of anilines is 2. The van der Waals surface area contributed by atoms with Gasteiger partial charge in [0.2, 0.25) is 15.9 Å². The lowest BCUT2D eigenvalue weighted by atomic mass is 9.82. The Bertz CT molecular complexity index is 622. The summed E-state index contributed by atoms with van der Waals surface area (Å²) in [5.74, 6) is -0.210. The highest BCUT2D eigenvalue weighted by molar-refractivity contribution is 7.92. The van der Waals surface area contributed by atoms with Crippen LogP contribution in [-0.2, 0) is 14.8 Å². The number of sulfonamides is 1. The Kier molecular flexibility index (Phi) is 4.53. The number of carbonyl (C=O) groups excluding carboxylic acids is 1. The third-order valence-electron chi connectivity index (χ3n) is 3.62. The molecule has 0 bridgehead atoms. The molecule has 4 N–H and O–H groups in total. The minimum Gasteiger partial charge on any atom is -0.324 e. The Morgan fingerprint density at radius 2 is 1.81 bits per heavy atom. The first-order valence-corrected chi connectivity index (χ1v) is 8.86. The maximum absolute atomic E-state index is 12.3. The fourth-order valence-electron chi connectivity index (χ4n) is 2.54. The molecule has 21 heavy (non-hydrogen) atoms. The molecule has 1 saturated carbocycles. The summed E-state index contributed by atoms with van der Waals surface area (Å²) in [5, 5.41) is 2.78.